The number of aryl methyl sites for hydroxylation is 2. The van der Waals surface area contributed by atoms with E-state index in [9.17, 15) is 4.79 Å². The van der Waals surface area contributed by atoms with Crippen LogP contribution in [0.3, 0.4) is 0 Å². The maximum absolute atomic E-state index is 12.8. The Balaban J connectivity index is 1.48. The molecule has 4 rings (SSSR count). The van der Waals surface area contributed by atoms with Gasteiger partial charge in [-0.15, -0.1) is 11.3 Å². The van der Waals surface area contributed by atoms with E-state index >= 15 is 0 Å². The van der Waals surface area contributed by atoms with Crippen molar-refractivity contribution < 1.29 is 4.79 Å². The molecule has 28 heavy (non-hydrogen) atoms. The van der Waals surface area contributed by atoms with Crippen LogP contribution in [0.5, 0.6) is 0 Å². The van der Waals surface area contributed by atoms with Gasteiger partial charge in [-0.3, -0.25) is 4.79 Å². The van der Waals surface area contributed by atoms with Crippen molar-refractivity contribution in [3.63, 3.8) is 0 Å². The van der Waals surface area contributed by atoms with E-state index in [0.717, 1.165) is 39.6 Å². The number of carbonyl (C=O) groups excluding carboxylic acids is 1. The quantitative estimate of drug-likeness (QED) is 0.489. The van der Waals surface area contributed by atoms with E-state index in [-0.39, 0.29) is 5.91 Å². The van der Waals surface area contributed by atoms with Crippen molar-refractivity contribution in [2.45, 2.75) is 20.4 Å². The van der Waals surface area contributed by atoms with Gasteiger partial charge in [0.25, 0.3) is 5.91 Å². The van der Waals surface area contributed by atoms with Gasteiger partial charge in [0.2, 0.25) is 0 Å². The van der Waals surface area contributed by atoms with Gasteiger partial charge in [0.15, 0.2) is 0 Å². The lowest BCUT2D eigenvalue weighted by Crippen LogP contribution is -2.11. The first-order valence-corrected chi connectivity index (χ1v) is 10.0. The summed E-state index contributed by atoms with van der Waals surface area (Å²) in [6, 6.07) is 18.2. The summed E-state index contributed by atoms with van der Waals surface area (Å²) in [5.41, 5.74) is 5.18. The fourth-order valence-electron chi connectivity index (χ4n) is 3.09. The second-order valence-electron chi connectivity index (χ2n) is 6.78. The molecule has 0 atom stereocenters. The highest BCUT2D eigenvalue weighted by Crippen LogP contribution is 2.29. The molecule has 0 spiro atoms. The molecule has 140 valence electrons. The van der Waals surface area contributed by atoms with E-state index in [1.54, 1.807) is 6.20 Å². The van der Waals surface area contributed by atoms with E-state index in [1.807, 2.05) is 48.8 Å². The monoisotopic (exact) mass is 387 g/mol. The number of benzene rings is 2. The van der Waals surface area contributed by atoms with Gasteiger partial charge in [-0.05, 0) is 48.6 Å². The molecule has 2 aromatic carbocycles. The average molecular weight is 388 g/mol. The van der Waals surface area contributed by atoms with Crippen LogP contribution in [0.2, 0.25) is 0 Å². The second kappa shape index (κ2) is 7.82. The maximum Gasteiger partial charge on any atom is 0.266 e. The summed E-state index contributed by atoms with van der Waals surface area (Å²) in [5.74, 6) is 0.905. The van der Waals surface area contributed by atoms with E-state index in [0.29, 0.717) is 0 Å². The zero-order chi connectivity index (χ0) is 19.5. The molecular weight excluding hydrogens is 366 g/mol. The van der Waals surface area contributed by atoms with Crippen molar-refractivity contribution in [3.8, 4) is 11.1 Å². The fourth-order valence-corrected chi connectivity index (χ4v) is 3.91. The third-order valence-corrected chi connectivity index (χ3v) is 5.64. The van der Waals surface area contributed by atoms with E-state index in [4.69, 9.17) is 0 Å². The minimum Gasteiger partial charge on any atom is -0.331 e. The molecule has 5 heteroatoms. The lowest BCUT2D eigenvalue weighted by molar-refractivity contribution is 0.103. The zero-order valence-electron chi connectivity index (χ0n) is 15.8. The molecule has 2 aromatic heterocycles. The minimum absolute atomic E-state index is 0.0798. The molecule has 0 saturated carbocycles. The van der Waals surface area contributed by atoms with Crippen LogP contribution in [-0.4, -0.2) is 15.5 Å². The number of nitrogens with zero attached hydrogens (tertiary/aromatic N) is 2. The van der Waals surface area contributed by atoms with Crippen molar-refractivity contribution in [2.75, 3.05) is 5.32 Å². The van der Waals surface area contributed by atoms with Crippen molar-refractivity contribution in [3.05, 3.63) is 94.2 Å². The number of carbonyl (C=O) groups is 1. The van der Waals surface area contributed by atoms with Gasteiger partial charge >= 0.3 is 0 Å². The van der Waals surface area contributed by atoms with Gasteiger partial charge in [-0.2, -0.15) is 0 Å². The predicted octanol–water partition coefficient (Wildman–Crippen LogP) is 5.53. The summed E-state index contributed by atoms with van der Waals surface area (Å²) in [7, 11) is 0. The number of anilines is 1. The molecule has 0 bridgehead atoms. The van der Waals surface area contributed by atoms with Gasteiger partial charge in [0.1, 0.15) is 5.82 Å². The van der Waals surface area contributed by atoms with Crippen molar-refractivity contribution in [2.24, 2.45) is 0 Å². The average Bonchev–Trinajstić information content (AvgIpc) is 3.34. The van der Waals surface area contributed by atoms with Gasteiger partial charge < -0.3 is 9.88 Å². The van der Waals surface area contributed by atoms with Crippen molar-refractivity contribution in [1.29, 1.82) is 0 Å². The first-order chi connectivity index (χ1) is 13.6. The molecule has 0 unspecified atom stereocenters. The Morgan fingerprint density at radius 1 is 1.04 bits per heavy atom. The summed E-state index contributed by atoms with van der Waals surface area (Å²) in [5, 5.41) is 4.97. The van der Waals surface area contributed by atoms with Crippen LogP contribution in [0.25, 0.3) is 11.1 Å². The Labute approximate surface area is 168 Å². The fraction of sp³-hybridized carbons (Fsp3) is 0.130. The van der Waals surface area contributed by atoms with Crippen LogP contribution in [0.1, 0.15) is 26.6 Å². The normalized spacial score (nSPS) is 10.8. The predicted molar refractivity (Wildman–Crippen MR) is 115 cm³/mol. The highest BCUT2D eigenvalue weighted by molar-refractivity contribution is 7.12. The van der Waals surface area contributed by atoms with Crippen LogP contribution in [0.15, 0.2) is 72.4 Å². The van der Waals surface area contributed by atoms with Gasteiger partial charge in [0.05, 0.1) is 4.88 Å². The van der Waals surface area contributed by atoms with Crippen LogP contribution in [0, 0.1) is 13.8 Å². The van der Waals surface area contributed by atoms with Gasteiger partial charge in [-0.1, -0.05) is 42.0 Å². The van der Waals surface area contributed by atoms with Gasteiger partial charge in [0, 0.05) is 30.2 Å². The standard InChI is InChI=1S/C23H21N3OS/c1-16-3-7-19(8-4-16)21-11-14-28-22(21)23(27)25-20-9-5-18(6-10-20)15-26-13-12-24-17(26)2/h3-14H,15H2,1-2H3,(H,25,27). The Morgan fingerprint density at radius 2 is 1.79 bits per heavy atom. The maximum atomic E-state index is 12.8. The van der Waals surface area contributed by atoms with Gasteiger partial charge in [-0.25, -0.2) is 4.98 Å². The molecule has 0 aliphatic heterocycles. The molecule has 0 aliphatic carbocycles. The molecule has 0 aliphatic rings. The summed E-state index contributed by atoms with van der Waals surface area (Å²) in [6.07, 6.45) is 3.77. The summed E-state index contributed by atoms with van der Waals surface area (Å²) in [4.78, 5) is 17.8. The molecule has 0 saturated heterocycles. The summed E-state index contributed by atoms with van der Waals surface area (Å²) < 4.78 is 2.09. The van der Waals surface area contributed by atoms with Crippen LogP contribution in [0.4, 0.5) is 5.69 Å². The molecular formula is C23H21N3OS. The SMILES string of the molecule is Cc1ccc(-c2ccsc2C(=O)Nc2ccc(Cn3ccnc3C)cc2)cc1. The van der Waals surface area contributed by atoms with Crippen molar-refractivity contribution >= 4 is 22.9 Å². The lowest BCUT2D eigenvalue weighted by atomic mass is 10.0. The molecule has 0 fully saturated rings. The Bertz CT molecular complexity index is 1090. The van der Waals surface area contributed by atoms with E-state index < -0.39 is 0 Å². The number of nitrogens with one attached hydrogen (secondary N) is 1. The highest BCUT2D eigenvalue weighted by atomic mass is 32.1. The van der Waals surface area contributed by atoms with Crippen LogP contribution >= 0.6 is 11.3 Å². The smallest absolute Gasteiger partial charge is 0.266 e. The topological polar surface area (TPSA) is 46.9 Å². The Kier molecular flexibility index (Phi) is 5.08. The first kappa shape index (κ1) is 18.2. The Morgan fingerprint density at radius 3 is 2.46 bits per heavy atom. The molecule has 0 radical (unpaired) electrons. The summed E-state index contributed by atoms with van der Waals surface area (Å²) >= 11 is 1.46. The molecule has 1 amide bonds. The number of thiophene rings is 1. The number of imidazole rings is 1. The lowest BCUT2D eigenvalue weighted by Gasteiger charge is -2.09. The van der Waals surface area contributed by atoms with E-state index in [2.05, 4.69) is 46.1 Å². The van der Waals surface area contributed by atoms with E-state index in [1.165, 1.54) is 16.9 Å². The molecule has 4 nitrogen and oxygen atoms in total. The van der Waals surface area contributed by atoms with Crippen molar-refractivity contribution in [1.82, 2.24) is 9.55 Å². The largest absolute Gasteiger partial charge is 0.331 e. The third-order valence-electron chi connectivity index (χ3n) is 4.72. The number of amides is 1. The number of aromatic nitrogens is 2. The molecule has 1 N–H and O–H groups in total. The highest BCUT2D eigenvalue weighted by Gasteiger charge is 2.15. The zero-order valence-corrected chi connectivity index (χ0v) is 16.7. The van der Waals surface area contributed by atoms with Crippen LogP contribution in [-0.2, 0) is 6.54 Å². The molecule has 4 aromatic rings. The third kappa shape index (κ3) is 3.89. The Hall–Kier alpha value is -3.18. The number of hydrogen-bond donors (Lipinski definition) is 1. The molecule has 2 heterocycles. The summed E-state index contributed by atoms with van der Waals surface area (Å²) in [6.45, 7) is 4.81. The number of rotatable bonds is 5. The first-order valence-electron chi connectivity index (χ1n) is 9.13. The second-order valence-corrected chi connectivity index (χ2v) is 7.70. The minimum atomic E-state index is -0.0798. The number of hydrogen-bond acceptors (Lipinski definition) is 3. The van der Waals surface area contributed by atoms with Crippen LogP contribution < -0.4 is 5.32 Å².